The molecule has 0 aliphatic rings. The molecule has 0 radical (unpaired) electrons. The first-order chi connectivity index (χ1) is 9.27. The highest BCUT2D eigenvalue weighted by Gasteiger charge is 2.13. The van der Waals surface area contributed by atoms with E-state index in [2.05, 4.69) is 0 Å². The Bertz CT molecular complexity index is 765. The molecule has 0 heterocycles. The predicted molar refractivity (Wildman–Crippen MR) is 73.7 cm³/mol. The van der Waals surface area contributed by atoms with Crippen LogP contribution in [0.25, 0.3) is 0 Å². The average Bonchev–Trinajstić information content (AvgIpc) is 2.32. The number of anilines is 1. The van der Waals surface area contributed by atoms with Gasteiger partial charge in [0.25, 0.3) is 0 Å². The summed E-state index contributed by atoms with van der Waals surface area (Å²) in [6.45, 7) is 0. The Balaban J connectivity index is 2.31. The van der Waals surface area contributed by atoms with Gasteiger partial charge in [-0.15, -0.1) is 0 Å². The molecule has 2 aromatic carbocycles. The van der Waals surface area contributed by atoms with E-state index in [-0.39, 0.29) is 21.4 Å². The van der Waals surface area contributed by atoms with Crippen molar-refractivity contribution in [2.24, 2.45) is 5.14 Å². The standard InChI is InChI=1S/C12H10ClFN2O3S/c13-9-5-7(1-3-10(9)14)19-8-2-4-12(11(15)6-8)20(16,17)18/h1-6H,15H2,(H2,16,17,18). The first-order valence-corrected chi connectivity index (χ1v) is 7.25. The molecule has 0 aliphatic carbocycles. The molecule has 0 spiro atoms. The number of nitrogens with two attached hydrogens (primary N) is 2. The monoisotopic (exact) mass is 316 g/mol. The van der Waals surface area contributed by atoms with Gasteiger partial charge in [-0.2, -0.15) is 0 Å². The minimum atomic E-state index is -3.89. The Kier molecular flexibility index (Phi) is 3.85. The maximum Gasteiger partial charge on any atom is 0.240 e. The second-order valence-corrected chi connectivity index (χ2v) is 5.86. The Hall–Kier alpha value is -1.83. The summed E-state index contributed by atoms with van der Waals surface area (Å²) in [7, 11) is -3.89. The van der Waals surface area contributed by atoms with E-state index in [1.165, 1.54) is 30.3 Å². The average molecular weight is 317 g/mol. The molecular formula is C12H10ClFN2O3S. The molecule has 0 amide bonds. The number of sulfonamides is 1. The van der Waals surface area contributed by atoms with Crippen LogP contribution in [0.15, 0.2) is 41.3 Å². The fourth-order valence-corrected chi connectivity index (χ4v) is 2.34. The minimum Gasteiger partial charge on any atom is -0.457 e. The van der Waals surface area contributed by atoms with Crippen LogP contribution in [0.4, 0.5) is 10.1 Å². The highest BCUT2D eigenvalue weighted by Crippen LogP contribution is 2.29. The molecular weight excluding hydrogens is 307 g/mol. The molecule has 0 aliphatic heterocycles. The van der Waals surface area contributed by atoms with Crippen molar-refractivity contribution in [2.45, 2.75) is 4.90 Å². The molecule has 0 unspecified atom stereocenters. The number of ether oxygens (including phenoxy) is 1. The van der Waals surface area contributed by atoms with Crippen LogP contribution in [-0.4, -0.2) is 8.42 Å². The number of primary sulfonamides is 1. The van der Waals surface area contributed by atoms with Crippen LogP contribution in [0.3, 0.4) is 0 Å². The lowest BCUT2D eigenvalue weighted by Gasteiger charge is -2.09. The van der Waals surface area contributed by atoms with Crippen molar-refractivity contribution >= 4 is 27.3 Å². The Morgan fingerprint density at radius 2 is 1.70 bits per heavy atom. The summed E-state index contributed by atoms with van der Waals surface area (Å²) in [6, 6.07) is 7.74. The molecule has 5 nitrogen and oxygen atoms in total. The van der Waals surface area contributed by atoms with Gasteiger partial charge in [0.1, 0.15) is 22.2 Å². The van der Waals surface area contributed by atoms with E-state index in [9.17, 15) is 12.8 Å². The van der Waals surface area contributed by atoms with Crippen LogP contribution in [-0.2, 0) is 10.0 Å². The lowest BCUT2D eigenvalue weighted by molar-refractivity contribution is 0.480. The molecule has 0 saturated carbocycles. The molecule has 0 aromatic heterocycles. The molecule has 0 fully saturated rings. The fourth-order valence-electron chi connectivity index (χ4n) is 1.53. The normalized spacial score (nSPS) is 11.3. The lowest BCUT2D eigenvalue weighted by atomic mass is 10.3. The van der Waals surface area contributed by atoms with Crippen molar-refractivity contribution in [3.8, 4) is 11.5 Å². The summed E-state index contributed by atoms with van der Waals surface area (Å²) in [4.78, 5) is -0.193. The van der Waals surface area contributed by atoms with E-state index in [0.717, 1.165) is 6.07 Å². The topological polar surface area (TPSA) is 95.4 Å². The zero-order chi connectivity index (χ0) is 14.9. The molecule has 4 N–H and O–H groups in total. The van der Waals surface area contributed by atoms with E-state index in [4.69, 9.17) is 27.2 Å². The second-order valence-electron chi connectivity index (χ2n) is 3.92. The summed E-state index contributed by atoms with van der Waals surface area (Å²) < 4.78 is 40.8. The number of hydrogen-bond acceptors (Lipinski definition) is 4. The lowest BCUT2D eigenvalue weighted by Crippen LogP contribution is -2.14. The number of hydrogen-bond donors (Lipinski definition) is 2. The maximum atomic E-state index is 13.0. The third-order valence-corrected chi connectivity index (χ3v) is 3.69. The van der Waals surface area contributed by atoms with Crippen molar-refractivity contribution in [2.75, 3.05) is 5.73 Å². The Labute approximate surface area is 120 Å². The third kappa shape index (κ3) is 3.19. The number of nitrogen functional groups attached to an aromatic ring is 1. The smallest absolute Gasteiger partial charge is 0.240 e. The van der Waals surface area contributed by atoms with Crippen molar-refractivity contribution < 1.29 is 17.5 Å². The van der Waals surface area contributed by atoms with Crippen LogP contribution in [0.2, 0.25) is 5.02 Å². The Morgan fingerprint density at radius 3 is 2.25 bits per heavy atom. The predicted octanol–water partition coefficient (Wildman–Crippen LogP) is 2.50. The Morgan fingerprint density at radius 1 is 1.10 bits per heavy atom. The zero-order valence-electron chi connectivity index (χ0n) is 10.0. The largest absolute Gasteiger partial charge is 0.457 e. The van der Waals surface area contributed by atoms with Crippen LogP contribution in [0.5, 0.6) is 11.5 Å². The molecule has 8 heteroatoms. The second kappa shape index (κ2) is 5.28. The van der Waals surface area contributed by atoms with Crippen molar-refractivity contribution in [3.63, 3.8) is 0 Å². The first-order valence-electron chi connectivity index (χ1n) is 5.32. The van der Waals surface area contributed by atoms with Gasteiger partial charge >= 0.3 is 0 Å². The van der Waals surface area contributed by atoms with E-state index in [1.54, 1.807) is 0 Å². The molecule has 0 bridgehead atoms. The van der Waals surface area contributed by atoms with E-state index < -0.39 is 15.8 Å². The van der Waals surface area contributed by atoms with Crippen LogP contribution < -0.4 is 15.6 Å². The number of rotatable bonds is 3. The molecule has 2 aromatic rings. The summed E-state index contributed by atoms with van der Waals surface area (Å²) in [6.07, 6.45) is 0. The summed E-state index contributed by atoms with van der Waals surface area (Å²) in [5, 5.41) is 4.90. The molecule has 0 saturated heterocycles. The molecule has 106 valence electrons. The number of benzene rings is 2. The van der Waals surface area contributed by atoms with Crippen molar-refractivity contribution in [1.29, 1.82) is 0 Å². The highest BCUT2D eigenvalue weighted by molar-refractivity contribution is 7.89. The number of halogens is 2. The van der Waals surface area contributed by atoms with Gasteiger partial charge in [-0.25, -0.2) is 17.9 Å². The van der Waals surface area contributed by atoms with E-state index in [0.29, 0.717) is 5.75 Å². The van der Waals surface area contributed by atoms with Crippen LogP contribution in [0.1, 0.15) is 0 Å². The quantitative estimate of drug-likeness (QED) is 0.850. The molecule has 2 rings (SSSR count). The van der Waals surface area contributed by atoms with E-state index >= 15 is 0 Å². The van der Waals surface area contributed by atoms with Gasteiger partial charge in [-0.05, 0) is 24.3 Å². The van der Waals surface area contributed by atoms with Crippen LogP contribution in [0, 0.1) is 5.82 Å². The summed E-state index contributed by atoms with van der Waals surface area (Å²) in [5.41, 5.74) is 5.55. The van der Waals surface area contributed by atoms with Crippen LogP contribution >= 0.6 is 11.6 Å². The minimum absolute atomic E-state index is 0.0433. The third-order valence-electron chi connectivity index (χ3n) is 2.41. The van der Waals surface area contributed by atoms with Gasteiger partial charge in [0.15, 0.2) is 0 Å². The van der Waals surface area contributed by atoms with Gasteiger partial charge in [-0.1, -0.05) is 11.6 Å². The van der Waals surface area contributed by atoms with E-state index in [1.807, 2.05) is 0 Å². The highest BCUT2D eigenvalue weighted by atomic mass is 35.5. The van der Waals surface area contributed by atoms with Gasteiger partial charge < -0.3 is 10.5 Å². The maximum absolute atomic E-state index is 13.0. The van der Waals surface area contributed by atoms with Crippen molar-refractivity contribution in [3.05, 3.63) is 47.2 Å². The van der Waals surface area contributed by atoms with Gasteiger partial charge in [0.05, 0.1) is 10.7 Å². The molecule has 0 atom stereocenters. The van der Waals surface area contributed by atoms with Gasteiger partial charge in [-0.3, -0.25) is 0 Å². The fraction of sp³-hybridized carbons (Fsp3) is 0. The van der Waals surface area contributed by atoms with Gasteiger partial charge in [0.2, 0.25) is 10.0 Å². The van der Waals surface area contributed by atoms with Gasteiger partial charge in [0, 0.05) is 12.1 Å². The van der Waals surface area contributed by atoms with Crippen molar-refractivity contribution in [1.82, 2.24) is 0 Å². The first kappa shape index (κ1) is 14.6. The molecule has 20 heavy (non-hydrogen) atoms. The SMILES string of the molecule is Nc1cc(Oc2ccc(F)c(Cl)c2)ccc1S(N)(=O)=O. The zero-order valence-corrected chi connectivity index (χ0v) is 11.6. The summed E-state index contributed by atoms with van der Waals surface area (Å²) >= 11 is 5.62. The summed E-state index contributed by atoms with van der Waals surface area (Å²) in [5.74, 6) is -0.000154.